The number of hydrogen-bond donors (Lipinski definition) is 2. The summed E-state index contributed by atoms with van der Waals surface area (Å²) in [6, 6.07) is 0. The Balaban J connectivity index is 4.13. The largest absolute Gasteiger partial charge is 0.511 e. The van der Waals surface area contributed by atoms with Crippen LogP contribution >= 0.6 is 0 Å². The first-order valence-corrected chi connectivity index (χ1v) is 7.69. The lowest BCUT2D eigenvalue weighted by Crippen LogP contribution is -2.13. The van der Waals surface area contributed by atoms with Gasteiger partial charge in [0, 0.05) is 31.8 Å². The van der Waals surface area contributed by atoms with E-state index >= 15 is 0 Å². The van der Waals surface area contributed by atoms with Gasteiger partial charge in [-0.25, -0.2) is 0 Å². The number of rotatable bonds is 11. The molecular formula is C16H31NO2. The van der Waals surface area contributed by atoms with Crippen LogP contribution in [0.4, 0.5) is 0 Å². The molecule has 0 aliphatic rings. The number of unbranched alkanes of at least 4 members (excludes halogenated alkanes) is 5. The molecule has 19 heavy (non-hydrogen) atoms. The van der Waals surface area contributed by atoms with Crippen LogP contribution in [0.5, 0.6) is 0 Å². The Kier molecular flexibility index (Phi) is 11.2. The minimum atomic E-state index is 0.353. The van der Waals surface area contributed by atoms with E-state index in [0.717, 1.165) is 13.0 Å². The Morgan fingerprint density at radius 2 is 1.26 bits per heavy atom. The van der Waals surface area contributed by atoms with Crippen molar-refractivity contribution in [1.29, 1.82) is 0 Å². The number of nitrogens with zero attached hydrogens (tertiary/aromatic N) is 1. The number of allylic oxidation sites excluding steroid dienone is 2. The van der Waals surface area contributed by atoms with Crippen LogP contribution in [0, 0.1) is 0 Å². The number of hydrogen-bond acceptors (Lipinski definition) is 3. The van der Waals surface area contributed by atoms with Gasteiger partial charge in [0.05, 0.1) is 0 Å². The predicted octanol–water partition coefficient (Wildman–Crippen LogP) is 5.27. The van der Waals surface area contributed by atoms with Crippen LogP contribution in [0.25, 0.3) is 0 Å². The molecule has 0 amide bonds. The third kappa shape index (κ3) is 10.5. The fourth-order valence-electron chi connectivity index (χ4n) is 1.81. The molecule has 0 aromatic heterocycles. The highest BCUT2D eigenvalue weighted by Gasteiger charge is 2.01. The van der Waals surface area contributed by atoms with Gasteiger partial charge in [-0.3, -0.25) is 0 Å². The topological polar surface area (TPSA) is 43.7 Å². The van der Waals surface area contributed by atoms with Crippen LogP contribution in [0.1, 0.15) is 72.1 Å². The molecule has 0 saturated carbocycles. The predicted molar refractivity (Wildman–Crippen MR) is 82.1 cm³/mol. The van der Waals surface area contributed by atoms with Gasteiger partial charge in [-0.05, 0) is 6.42 Å². The molecule has 0 aliphatic carbocycles. The number of aliphatic hydroxyl groups excluding tert-OH is 2. The van der Waals surface area contributed by atoms with Gasteiger partial charge in [0.1, 0.15) is 11.5 Å². The van der Waals surface area contributed by atoms with E-state index in [0.29, 0.717) is 24.4 Å². The van der Waals surface area contributed by atoms with E-state index in [1.807, 2.05) is 18.7 Å². The molecule has 0 aromatic rings. The molecule has 3 heteroatoms. The SMILES string of the molecule is CCCCCCCCN(C=C(O)CC)C=C(O)CC. The third-order valence-electron chi connectivity index (χ3n) is 3.12. The third-order valence-corrected chi connectivity index (χ3v) is 3.12. The van der Waals surface area contributed by atoms with E-state index in [9.17, 15) is 10.2 Å². The van der Waals surface area contributed by atoms with Crippen molar-refractivity contribution in [2.45, 2.75) is 72.1 Å². The van der Waals surface area contributed by atoms with E-state index in [-0.39, 0.29) is 0 Å². The van der Waals surface area contributed by atoms with Crippen molar-refractivity contribution in [3.8, 4) is 0 Å². The second-order valence-electron chi connectivity index (χ2n) is 4.95. The van der Waals surface area contributed by atoms with Gasteiger partial charge in [-0.15, -0.1) is 0 Å². The summed E-state index contributed by atoms with van der Waals surface area (Å²) >= 11 is 0. The van der Waals surface area contributed by atoms with Crippen molar-refractivity contribution in [3.63, 3.8) is 0 Å². The van der Waals surface area contributed by atoms with Gasteiger partial charge in [-0.2, -0.15) is 0 Å². The fourth-order valence-corrected chi connectivity index (χ4v) is 1.81. The summed E-state index contributed by atoms with van der Waals surface area (Å²) in [6.07, 6.45) is 12.1. The summed E-state index contributed by atoms with van der Waals surface area (Å²) in [7, 11) is 0. The van der Waals surface area contributed by atoms with E-state index in [4.69, 9.17) is 0 Å². The molecular weight excluding hydrogens is 238 g/mol. The van der Waals surface area contributed by atoms with Gasteiger partial charge in [0.2, 0.25) is 0 Å². The van der Waals surface area contributed by atoms with Crippen molar-refractivity contribution in [1.82, 2.24) is 4.90 Å². The summed E-state index contributed by atoms with van der Waals surface area (Å²) < 4.78 is 0. The Bertz CT molecular complexity index is 252. The Labute approximate surface area is 118 Å². The van der Waals surface area contributed by atoms with Gasteiger partial charge in [-0.1, -0.05) is 52.9 Å². The average Bonchev–Trinajstić information content (AvgIpc) is 2.41. The molecule has 0 unspecified atom stereocenters. The maximum Gasteiger partial charge on any atom is 0.108 e. The highest BCUT2D eigenvalue weighted by atomic mass is 16.3. The monoisotopic (exact) mass is 269 g/mol. The second kappa shape index (κ2) is 11.9. The van der Waals surface area contributed by atoms with Crippen LogP contribution in [0.3, 0.4) is 0 Å². The Hall–Kier alpha value is -1.12. The summed E-state index contributed by atoms with van der Waals surface area (Å²) in [5.74, 6) is 0.706. The van der Waals surface area contributed by atoms with Gasteiger partial charge in [0.25, 0.3) is 0 Å². The standard InChI is InChI=1S/C16H31NO2/c1-4-7-8-9-10-11-12-17(13-15(18)5-2)14-16(19)6-3/h13-14,18-19H,4-12H2,1-3H3. The van der Waals surface area contributed by atoms with Crippen molar-refractivity contribution in [2.75, 3.05) is 6.54 Å². The molecule has 0 bridgehead atoms. The maximum atomic E-state index is 9.60. The number of aliphatic hydroxyl groups is 2. The average molecular weight is 269 g/mol. The molecule has 0 radical (unpaired) electrons. The minimum Gasteiger partial charge on any atom is -0.511 e. The molecule has 3 nitrogen and oxygen atoms in total. The lowest BCUT2D eigenvalue weighted by Gasteiger charge is -2.17. The van der Waals surface area contributed by atoms with Gasteiger partial charge in [0.15, 0.2) is 0 Å². The molecule has 0 saturated heterocycles. The summed E-state index contributed by atoms with van der Waals surface area (Å²) in [5, 5.41) is 19.2. The molecule has 2 N–H and O–H groups in total. The Morgan fingerprint density at radius 3 is 1.74 bits per heavy atom. The summed E-state index contributed by atoms with van der Waals surface area (Å²) in [5.41, 5.74) is 0. The second-order valence-corrected chi connectivity index (χ2v) is 4.95. The van der Waals surface area contributed by atoms with Crippen LogP contribution in [0.15, 0.2) is 23.9 Å². The zero-order valence-electron chi connectivity index (χ0n) is 12.9. The molecule has 0 fully saturated rings. The lowest BCUT2D eigenvalue weighted by atomic mass is 10.1. The van der Waals surface area contributed by atoms with Crippen molar-refractivity contribution in [2.24, 2.45) is 0 Å². The minimum absolute atomic E-state index is 0.353. The molecule has 0 heterocycles. The van der Waals surface area contributed by atoms with Crippen molar-refractivity contribution >= 4 is 0 Å². The molecule has 112 valence electrons. The van der Waals surface area contributed by atoms with Crippen LogP contribution in [0.2, 0.25) is 0 Å². The van der Waals surface area contributed by atoms with Gasteiger partial charge >= 0.3 is 0 Å². The molecule has 0 aliphatic heterocycles. The highest BCUT2D eigenvalue weighted by molar-refractivity contribution is 4.98. The normalized spacial score (nSPS) is 12.8. The molecule has 0 aromatic carbocycles. The lowest BCUT2D eigenvalue weighted by molar-refractivity contribution is 0.344. The van der Waals surface area contributed by atoms with E-state index < -0.39 is 0 Å². The van der Waals surface area contributed by atoms with Crippen molar-refractivity contribution < 1.29 is 10.2 Å². The zero-order chi connectivity index (χ0) is 14.5. The van der Waals surface area contributed by atoms with Crippen molar-refractivity contribution in [3.05, 3.63) is 23.9 Å². The molecule has 0 rings (SSSR count). The zero-order valence-corrected chi connectivity index (χ0v) is 12.9. The smallest absolute Gasteiger partial charge is 0.108 e. The first-order valence-electron chi connectivity index (χ1n) is 7.69. The van der Waals surface area contributed by atoms with Crippen LogP contribution in [-0.4, -0.2) is 21.7 Å². The van der Waals surface area contributed by atoms with E-state index in [2.05, 4.69) is 6.92 Å². The van der Waals surface area contributed by atoms with Crippen LogP contribution in [-0.2, 0) is 0 Å². The highest BCUT2D eigenvalue weighted by Crippen LogP contribution is 2.09. The molecule has 0 atom stereocenters. The Morgan fingerprint density at radius 1 is 0.789 bits per heavy atom. The maximum absolute atomic E-state index is 9.60. The summed E-state index contributed by atoms with van der Waals surface area (Å²) in [4.78, 5) is 1.90. The molecule has 0 spiro atoms. The van der Waals surface area contributed by atoms with E-state index in [1.54, 1.807) is 12.4 Å². The van der Waals surface area contributed by atoms with E-state index in [1.165, 1.54) is 32.1 Å². The summed E-state index contributed by atoms with van der Waals surface area (Å²) in [6.45, 7) is 6.90. The quantitative estimate of drug-likeness (QED) is 0.397. The first-order chi connectivity index (χ1) is 9.13. The fraction of sp³-hybridized carbons (Fsp3) is 0.750. The van der Waals surface area contributed by atoms with Crippen LogP contribution < -0.4 is 0 Å². The first kappa shape index (κ1) is 17.9. The van der Waals surface area contributed by atoms with Gasteiger partial charge < -0.3 is 15.1 Å².